The van der Waals surface area contributed by atoms with Crippen LogP contribution in [0, 0.1) is 5.41 Å². The first kappa shape index (κ1) is 20.4. The van der Waals surface area contributed by atoms with Crippen LogP contribution in [0.4, 0.5) is 13.2 Å². The van der Waals surface area contributed by atoms with Gasteiger partial charge in [0.2, 0.25) is 5.91 Å². The predicted octanol–water partition coefficient (Wildman–Crippen LogP) is 3.26. The van der Waals surface area contributed by atoms with Crippen molar-refractivity contribution in [2.45, 2.75) is 25.2 Å². The predicted molar refractivity (Wildman–Crippen MR) is 101 cm³/mol. The Labute approximate surface area is 162 Å². The van der Waals surface area contributed by atoms with Crippen LogP contribution in [0.1, 0.15) is 23.6 Å². The molecule has 0 aromatic heterocycles. The molecule has 2 atom stereocenters. The molecule has 0 aliphatic carbocycles. The van der Waals surface area contributed by atoms with E-state index >= 15 is 0 Å². The van der Waals surface area contributed by atoms with Crippen LogP contribution in [0.2, 0.25) is 0 Å². The van der Waals surface area contributed by atoms with E-state index in [2.05, 4.69) is 5.32 Å². The monoisotopic (exact) mass is 391 g/mol. The van der Waals surface area contributed by atoms with E-state index in [1.807, 2.05) is 36.4 Å². The molecule has 1 aliphatic rings. The summed E-state index contributed by atoms with van der Waals surface area (Å²) in [4.78, 5) is 14.3. The van der Waals surface area contributed by atoms with Crippen LogP contribution >= 0.6 is 0 Å². The summed E-state index contributed by atoms with van der Waals surface area (Å²) in [6, 6.07) is 17.7. The average molecular weight is 391 g/mol. The van der Waals surface area contributed by atoms with Crippen molar-refractivity contribution in [1.82, 2.24) is 10.2 Å². The number of nitrogens with zero attached hydrogens (tertiary/aromatic N) is 1. The number of alkyl halides is 3. The smallest absolute Gasteiger partial charge is 0.353 e. The molecule has 28 heavy (non-hydrogen) atoms. The first-order valence-electron chi connectivity index (χ1n) is 9.24. The van der Waals surface area contributed by atoms with E-state index in [1.165, 1.54) is 0 Å². The fraction of sp³-hybridized carbons (Fsp3) is 0.381. The van der Waals surface area contributed by atoms with Crippen LogP contribution in [-0.2, 0) is 11.3 Å². The van der Waals surface area contributed by atoms with E-state index in [0.717, 1.165) is 11.1 Å². The van der Waals surface area contributed by atoms with Gasteiger partial charge in [0.15, 0.2) is 5.41 Å². The van der Waals surface area contributed by atoms with E-state index in [4.69, 9.17) is 5.73 Å². The lowest BCUT2D eigenvalue weighted by Gasteiger charge is -2.31. The fourth-order valence-electron chi connectivity index (χ4n) is 3.60. The molecule has 2 aromatic rings. The van der Waals surface area contributed by atoms with Crippen molar-refractivity contribution in [3.05, 3.63) is 71.8 Å². The minimum atomic E-state index is -4.63. The summed E-state index contributed by atoms with van der Waals surface area (Å²) in [7, 11) is 0. The molecular weight excluding hydrogens is 367 g/mol. The molecule has 1 heterocycles. The average Bonchev–Trinajstić information content (AvgIpc) is 3.12. The second-order valence-electron chi connectivity index (χ2n) is 7.25. The third kappa shape index (κ3) is 4.36. The van der Waals surface area contributed by atoms with Gasteiger partial charge < -0.3 is 11.1 Å². The first-order chi connectivity index (χ1) is 13.3. The van der Waals surface area contributed by atoms with Gasteiger partial charge in [-0.2, -0.15) is 13.2 Å². The van der Waals surface area contributed by atoms with Crippen molar-refractivity contribution in [3.63, 3.8) is 0 Å². The lowest BCUT2D eigenvalue weighted by Crippen LogP contribution is -2.53. The van der Waals surface area contributed by atoms with Crippen LogP contribution in [0.15, 0.2) is 60.7 Å². The zero-order chi connectivity index (χ0) is 20.2. The third-order valence-electron chi connectivity index (χ3n) is 5.28. The lowest BCUT2D eigenvalue weighted by molar-refractivity contribution is -0.218. The summed E-state index contributed by atoms with van der Waals surface area (Å²) in [5.41, 5.74) is 5.30. The molecule has 0 saturated carbocycles. The maximum absolute atomic E-state index is 13.9. The Morgan fingerprint density at radius 1 is 1.11 bits per heavy atom. The molecule has 1 aliphatic heterocycles. The first-order valence-corrected chi connectivity index (χ1v) is 9.24. The van der Waals surface area contributed by atoms with E-state index < -0.39 is 23.5 Å². The molecular formula is C21H24F3N3O. The number of rotatable bonds is 6. The number of amides is 1. The molecule has 2 aromatic carbocycles. The highest BCUT2D eigenvalue weighted by Gasteiger charge is 2.62. The van der Waals surface area contributed by atoms with Gasteiger partial charge in [0.05, 0.1) is 0 Å². The number of hydrogen-bond acceptors (Lipinski definition) is 3. The normalized spacial score (nSPS) is 21.4. The Morgan fingerprint density at radius 3 is 2.32 bits per heavy atom. The Morgan fingerprint density at radius 2 is 1.71 bits per heavy atom. The van der Waals surface area contributed by atoms with Gasteiger partial charge in [0.1, 0.15) is 0 Å². The number of likely N-dealkylation sites (tertiary alicyclic amines) is 1. The Bertz CT molecular complexity index is 782. The number of nitrogens with two attached hydrogens (primary N) is 1. The molecule has 1 amide bonds. The maximum Gasteiger partial charge on any atom is 0.404 e. The van der Waals surface area contributed by atoms with Gasteiger partial charge in [-0.05, 0) is 24.1 Å². The molecule has 4 nitrogen and oxygen atoms in total. The van der Waals surface area contributed by atoms with Crippen molar-refractivity contribution >= 4 is 5.91 Å². The van der Waals surface area contributed by atoms with Crippen molar-refractivity contribution < 1.29 is 18.0 Å². The number of carbonyl (C=O) groups is 1. The molecule has 0 spiro atoms. The molecule has 0 radical (unpaired) electrons. The number of benzene rings is 2. The number of hydrogen-bond donors (Lipinski definition) is 2. The van der Waals surface area contributed by atoms with E-state index in [0.29, 0.717) is 6.54 Å². The van der Waals surface area contributed by atoms with Crippen molar-refractivity contribution in [2.75, 3.05) is 19.6 Å². The standard InChI is InChI=1S/C21H24F3N3O/c22-21(23,24)20(11-12-27(15-20)14-16-7-3-1-4-8-16)19(28)26-13-18(25)17-9-5-2-6-10-17/h1-10,18H,11-15,25H2,(H,26,28). The Balaban J connectivity index is 1.67. The highest BCUT2D eigenvalue weighted by atomic mass is 19.4. The fourth-order valence-corrected chi connectivity index (χ4v) is 3.60. The SMILES string of the molecule is NC(CNC(=O)C1(C(F)(F)F)CCN(Cc2ccccc2)C1)c1ccccc1. The summed E-state index contributed by atoms with van der Waals surface area (Å²) in [5.74, 6) is -0.998. The summed E-state index contributed by atoms with van der Waals surface area (Å²) < 4.78 is 41.7. The molecule has 1 saturated heterocycles. The molecule has 150 valence electrons. The third-order valence-corrected chi connectivity index (χ3v) is 5.28. The van der Waals surface area contributed by atoms with Crippen molar-refractivity contribution in [1.29, 1.82) is 0 Å². The van der Waals surface area contributed by atoms with Crippen LogP contribution in [0.5, 0.6) is 0 Å². The second-order valence-corrected chi connectivity index (χ2v) is 7.25. The summed E-state index contributed by atoms with van der Waals surface area (Å²) in [5, 5.41) is 2.44. The molecule has 7 heteroatoms. The van der Waals surface area contributed by atoms with Crippen LogP contribution in [0.3, 0.4) is 0 Å². The van der Waals surface area contributed by atoms with Crippen LogP contribution in [-0.4, -0.2) is 36.6 Å². The minimum Gasteiger partial charge on any atom is -0.353 e. The van der Waals surface area contributed by atoms with Gasteiger partial charge in [-0.15, -0.1) is 0 Å². The summed E-state index contributed by atoms with van der Waals surface area (Å²) in [6.07, 6.45) is -4.88. The van der Waals surface area contributed by atoms with Gasteiger partial charge in [0.25, 0.3) is 0 Å². The van der Waals surface area contributed by atoms with Crippen LogP contribution in [0.25, 0.3) is 0 Å². The number of nitrogens with one attached hydrogen (secondary N) is 1. The Hall–Kier alpha value is -2.38. The van der Waals surface area contributed by atoms with Gasteiger partial charge in [0, 0.05) is 25.7 Å². The van der Waals surface area contributed by atoms with Gasteiger partial charge in [-0.25, -0.2) is 0 Å². The van der Waals surface area contributed by atoms with Crippen molar-refractivity contribution in [2.24, 2.45) is 11.1 Å². The summed E-state index contributed by atoms with van der Waals surface area (Å²) in [6.45, 7) is 0.208. The Kier molecular flexibility index (Phi) is 6.05. The van der Waals surface area contributed by atoms with Crippen molar-refractivity contribution in [3.8, 4) is 0 Å². The van der Waals surface area contributed by atoms with Gasteiger partial charge >= 0.3 is 6.18 Å². The quantitative estimate of drug-likeness (QED) is 0.795. The molecule has 3 N–H and O–H groups in total. The highest BCUT2D eigenvalue weighted by molar-refractivity contribution is 5.84. The number of carbonyl (C=O) groups excluding carboxylic acids is 1. The zero-order valence-electron chi connectivity index (χ0n) is 15.5. The van der Waals surface area contributed by atoms with Gasteiger partial charge in [-0.3, -0.25) is 9.69 Å². The zero-order valence-corrected chi connectivity index (χ0v) is 15.5. The van der Waals surface area contributed by atoms with E-state index in [9.17, 15) is 18.0 Å². The number of halogens is 3. The van der Waals surface area contributed by atoms with Crippen LogP contribution < -0.4 is 11.1 Å². The van der Waals surface area contributed by atoms with Gasteiger partial charge in [-0.1, -0.05) is 60.7 Å². The topological polar surface area (TPSA) is 58.4 Å². The molecule has 1 fully saturated rings. The lowest BCUT2D eigenvalue weighted by atomic mass is 9.85. The molecule has 3 rings (SSSR count). The highest BCUT2D eigenvalue weighted by Crippen LogP contribution is 2.46. The largest absolute Gasteiger partial charge is 0.404 e. The van der Waals surface area contributed by atoms with E-state index in [-0.39, 0.29) is 26.1 Å². The minimum absolute atomic E-state index is 0.0423. The molecule has 2 unspecified atom stereocenters. The summed E-state index contributed by atoms with van der Waals surface area (Å²) >= 11 is 0. The molecule has 0 bridgehead atoms. The maximum atomic E-state index is 13.9. The van der Waals surface area contributed by atoms with E-state index in [1.54, 1.807) is 29.2 Å². The second kappa shape index (κ2) is 8.32.